The largest absolute Gasteiger partial charge is 0.399 e. The molecular formula is C13H14N4O2. The molecule has 1 aromatic carbocycles. The molecule has 2 rings (SSSR count). The first-order chi connectivity index (χ1) is 9.11. The highest BCUT2D eigenvalue weighted by atomic mass is 16.2. The Balaban J connectivity index is 2.19. The average Bonchev–Trinajstić information content (AvgIpc) is 2.39. The lowest BCUT2D eigenvalue weighted by Crippen LogP contribution is -2.43. The van der Waals surface area contributed by atoms with Crippen molar-refractivity contribution in [3.63, 3.8) is 0 Å². The van der Waals surface area contributed by atoms with E-state index in [0.717, 1.165) is 11.3 Å². The molecule has 0 radical (unpaired) electrons. The Labute approximate surface area is 110 Å². The molecule has 0 saturated heterocycles. The molecule has 1 aromatic rings. The van der Waals surface area contributed by atoms with Crippen LogP contribution in [0, 0.1) is 11.3 Å². The van der Waals surface area contributed by atoms with Gasteiger partial charge in [0.15, 0.2) is 0 Å². The smallest absolute Gasteiger partial charge is 0.240 e. The Morgan fingerprint density at radius 2 is 2.26 bits per heavy atom. The van der Waals surface area contributed by atoms with Gasteiger partial charge in [-0.25, -0.2) is 0 Å². The Kier molecular flexibility index (Phi) is 3.66. The number of rotatable bonds is 3. The van der Waals surface area contributed by atoms with Crippen LogP contribution in [0.15, 0.2) is 18.2 Å². The number of benzene rings is 1. The number of nitrogens with two attached hydrogens (primary N) is 1. The predicted molar refractivity (Wildman–Crippen MR) is 70.2 cm³/mol. The number of nitrogens with one attached hydrogen (secondary N) is 1. The van der Waals surface area contributed by atoms with Crippen LogP contribution in [0.4, 0.5) is 11.4 Å². The molecular weight excluding hydrogens is 244 g/mol. The SMILES string of the molecule is N#CCNC(=O)CN1C(=O)CCc2cc(N)ccc21. The summed E-state index contributed by atoms with van der Waals surface area (Å²) in [5.41, 5.74) is 8.04. The van der Waals surface area contributed by atoms with Crippen molar-refractivity contribution >= 4 is 23.2 Å². The van der Waals surface area contributed by atoms with Crippen molar-refractivity contribution in [2.75, 3.05) is 23.7 Å². The Morgan fingerprint density at radius 1 is 1.47 bits per heavy atom. The van der Waals surface area contributed by atoms with Crippen LogP contribution in [-0.4, -0.2) is 24.9 Å². The number of nitrogen functional groups attached to an aromatic ring is 1. The maximum absolute atomic E-state index is 11.9. The zero-order chi connectivity index (χ0) is 13.8. The van der Waals surface area contributed by atoms with E-state index in [1.807, 2.05) is 12.1 Å². The second-order valence-corrected chi connectivity index (χ2v) is 4.30. The van der Waals surface area contributed by atoms with Gasteiger partial charge in [0.1, 0.15) is 13.1 Å². The van der Waals surface area contributed by atoms with Crippen LogP contribution in [0.5, 0.6) is 0 Å². The molecule has 3 N–H and O–H groups in total. The van der Waals surface area contributed by atoms with Crippen molar-refractivity contribution < 1.29 is 9.59 Å². The minimum atomic E-state index is -0.348. The Hall–Kier alpha value is -2.55. The van der Waals surface area contributed by atoms with Gasteiger partial charge in [0.2, 0.25) is 11.8 Å². The van der Waals surface area contributed by atoms with Crippen molar-refractivity contribution in [1.29, 1.82) is 5.26 Å². The van der Waals surface area contributed by atoms with Gasteiger partial charge < -0.3 is 16.0 Å². The summed E-state index contributed by atoms with van der Waals surface area (Å²) in [4.78, 5) is 24.9. The molecule has 2 amide bonds. The molecule has 6 heteroatoms. The Morgan fingerprint density at radius 3 is 3.00 bits per heavy atom. The maximum atomic E-state index is 11.9. The van der Waals surface area contributed by atoms with E-state index in [4.69, 9.17) is 11.0 Å². The zero-order valence-electron chi connectivity index (χ0n) is 10.3. The van der Waals surface area contributed by atoms with Crippen molar-refractivity contribution in [2.24, 2.45) is 0 Å². The molecule has 1 heterocycles. The number of anilines is 2. The second-order valence-electron chi connectivity index (χ2n) is 4.30. The monoisotopic (exact) mass is 258 g/mol. The van der Waals surface area contributed by atoms with E-state index in [0.29, 0.717) is 18.5 Å². The van der Waals surface area contributed by atoms with Gasteiger partial charge in [0.05, 0.1) is 6.07 Å². The highest BCUT2D eigenvalue weighted by Crippen LogP contribution is 2.29. The van der Waals surface area contributed by atoms with E-state index >= 15 is 0 Å². The third-order valence-electron chi connectivity index (χ3n) is 2.97. The highest BCUT2D eigenvalue weighted by molar-refractivity contribution is 6.01. The number of aryl methyl sites for hydroxylation is 1. The van der Waals surface area contributed by atoms with Crippen molar-refractivity contribution in [3.8, 4) is 6.07 Å². The molecule has 19 heavy (non-hydrogen) atoms. The number of hydrogen-bond acceptors (Lipinski definition) is 4. The third kappa shape index (κ3) is 2.83. The van der Waals surface area contributed by atoms with Crippen LogP contribution >= 0.6 is 0 Å². The van der Waals surface area contributed by atoms with Gasteiger partial charge in [-0.15, -0.1) is 0 Å². The van der Waals surface area contributed by atoms with Gasteiger partial charge in [-0.05, 0) is 30.2 Å². The van der Waals surface area contributed by atoms with Gasteiger partial charge in [-0.3, -0.25) is 9.59 Å². The fourth-order valence-corrected chi connectivity index (χ4v) is 2.09. The molecule has 6 nitrogen and oxygen atoms in total. The van der Waals surface area contributed by atoms with Crippen LogP contribution in [-0.2, 0) is 16.0 Å². The number of carbonyl (C=O) groups is 2. The summed E-state index contributed by atoms with van der Waals surface area (Å²) in [6, 6.07) is 7.10. The number of nitriles is 1. The van der Waals surface area contributed by atoms with Crippen LogP contribution in [0.3, 0.4) is 0 Å². The maximum Gasteiger partial charge on any atom is 0.240 e. The zero-order valence-corrected chi connectivity index (χ0v) is 10.3. The van der Waals surface area contributed by atoms with Crippen molar-refractivity contribution in [1.82, 2.24) is 5.32 Å². The summed E-state index contributed by atoms with van der Waals surface area (Å²) >= 11 is 0. The van der Waals surface area contributed by atoms with E-state index < -0.39 is 0 Å². The van der Waals surface area contributed by atoms with E-state index in [9.17, 15) is 9.59 Å². The first kappa shape index (κ1) is 12.9. The van der Waals surface area contributed by atoms with Gasteiger partial charge in [-0.1, -0.05) is 0 Å². The average molecular weight is 258 g/mol. The lowest BCUT2D eigenvalue weighted by atomic mass is 10.0. The third-order valence-corrected chi connectivity index (χ3v) is 2.97. The van der Waals surface area contributed by atoms with E-state index in [1.165, 1.54) is 4.90 Å². The molecule has 0 atom stereocenters. The van der Waals surface area contributed by atoms with Gasteiger partial charge in [0.25, 0.3) is 0 Å². The van der Waals surface area contributed by atoms with Gasteiger partial charge in [-0.2, -0.15) is 5.26 Å². The van der Waals surface area contributed by atoms with Crippen LogP contribution in [0.25, 0.3) is 0 Å². The molecule has 0 aliphatic carbocycles. The fourth-order valence-electron chi connectivity index (χ4n) is 2.09. The topological polar surface area (TPSA) is 99.2 Å². The number of amides is 2. The predicted octanol–water partition coefficient (Wildman–Crippen LogP) is 0.188. The molecule has 0 unspecified atom stereocenters. The quantitative estimate of drug-likeness (QED) is 0.597. The first-order valence-electron chi connectivity index (χ1n) is 5.94. The highest BCUT2D eigenvalue weighted by Gasteiger charge is 2.25. The molecule has 0 bridgehead atoms. The molecule has 1 aliphatic rings. The summed E-state index contributed by atoms with van der Waals surface area (Å²) in [5, 5.41) is 10.8. The van der Waals surface area contributed by atoms with Gasteiger partial charge in [0, 0.05) is 17.8 Å². The van der Waals surface area contributed by atoms with Crippen molar-refractivity contribution in [2.45, 2.75) is 12.8 Å². The molecule has 0 spiro atoms. The fraction of sp³-hybridized carbons (Fsp3) is 0.308. The molecule has 0 aromatic heterocycles. The number of nitrogens with zero attached hydrogens (tertiary/aromatic N) is 2. The molecule has 0 saturated carbocycles. The minimum absolute atomic E-state index is 0.0601. The summed E-state index contributed by atoms with van der Waals surface area (Å²) in [7, 11) is 0. The standard InChI is InChI=1S/C13H14N4O2/c14-5-6-16-12(18)8-17-11-3-2-10(15)7-9(11)1-4-13(17)19/h2-3,7H,1,4,6,8,15H2,(H,16,18). The van der Waals surface area contributed by atoms with Crippen LogP contribution in [0.1, 0.15) is 12.0 Å². The summed E-state index contributed by atoms with van der Waals surface area (Å²) in [5.74, 6) is -0.441. The number of carbonyl (C=O) groups excluding carboxylic acids is 2. The van der Waals surface area contributed by atoms with E-state index in [1.54, 1.807) is 12.1 Å². The first-order valence-corrected chi connectivity index (χ1v) is 5.94. The van der Waals surface area contributed by atoms with Gasteiger partial charge >= 0.3 is 0 Å². The lowest BCUT2D eigenvalue weighted by Gasteiger charge is -2.29. The second kappa shape index (κ2) is 5.40. The normalized spacial score (nSPS) is 13.6. The van der Waals surface area contributed by atoms with Crippen molar-refractivity contribution in [3.05, 3.63) is 23.8 Å². The number of hydrogen-bond donors (Lipinski definition) is 2. The molecule has 0 fully saturated rings. The minimum Gasteiger partial charge on any atom is -0.399 e. The molecule has 98 valence electrons. The number of fused-ring (bicyclic) bond motifs is 1. The summed E-state index contributed by atoms with van der Waals surface area (Å²) in [6.45, 7) is -0.132. The van der Waals surface area contributed by atoms with Crippen LogP contribution in [0.2, 0.25) is 0 Å². The van der Waals surface area contributed by atoms with Crippen LogP contribution < -0.4 is 16.0 Å². The van der Waals surface area contributed by atoms with E-state index in [2.05, 4.69) is 5.32 Å². The van der Waals surface area contributed by atoms with E-state index in [-0.39, 0.29) is 24.9 Å². The lowest BCUT2D eigenvalue weighted by molar-refractivity contribution is -0.123. The summed E-state index contributed by atoms with van der Waals surface area (Å²) < 4.78 is 0. The summed E-state index contributed by atoms with van der Waals surface area (Å²) in [6.07, 6.45) is 0.998. The molecule has 1 aliphatic heterocycles. The Bertz CT molecular complexity index is 562.